The number of carbonyl (C=O) groups excluding carboxylic acids is 1. The molecule has 0 N–H and O–H groups in total. The van der Waals surface area contributed by atoms with Crippen LogP contribution in [0.1, 0.15) is 39.0 Å². The van der Waals surface area contributed by atoms with Gasteiger partial charge in [-0.15, -0.1) is 12.4 Å². The molecular formula is C22H29ClFN3OS. The molecule has 5 aliphatic rings. The van der Waals surface area contributed by atoms with E-state index in [1.165, 1.54) is 44.2 Å². The fourth-order valence-corrected chi connectivity index (χ4v) is 7.46. The maximum atomic E-state index is 13.3. The molecule has 0 aromatic heterocycles. The zero-order valence-electron chi connectivity index (χ0n) is 17.0. The van der Waals surface area contributed by atoms with Crippen molar-refractivity contribution >= 4 is 40.9 Å². The van der Waals surface area contributed by atoms with Crippen molar-refractivity contribution < 1.29 is 9.18 Å². The summed E-state index contributed by atoms with van der Waals surface area (Å²) in [5.41, 5.74) is 0.738. The molecule has 1 aromatic carbocycles. The quantitative estimate of drug-likeness (QED) is 0.682. The number of aliphatic imine (C=N–C) groups is 1. The van der Waals surface area contributed by atoms with Crippen molar-refractivity contribution in [3.05, 3.63) is 30.1 Å². The molecule has 4 nitrogen and oxygen atoms in total. The van der Waals surface area contributed by atoms with Crippen LogP contribution in [0.3, 0.4) is 0 Å². The highest BCUT2D eigenvalue weighted by molar-refractivity contribution is 8.14. The molecule has 1 aromatic rings. The van der Waals surface area contributed by atoms with Gasteiger partial charge >= 0.3 is 0 Å². The molecule has 1 aliphatic heterocycles. The Balaban J connectivity index is 0.00000205. The molecule has 0 spiro atoms. The summed E-state index contributed by atoms with van der Waals surface area (Å²) in [5, 5.41) is 1.07. The zero-order valence-corrected chi connectivity index (χ0v) is 18.6. The van der Waals surface area contributed by atoms with Gasteiger partial charge in [0.25, 0.3) is 0 Å². The normalized spacial score (nSPS) is 36.4. The Kier molecular flexibility index (Phi) is 5.86. The molecule has 1 atom stereocenters. The van der Waals surface area contributed by atoms with Crippen molar-refractivity contribution in [3.63, 3.8) is 0 Å². The number of hydrogen-bond acceptors (Lipinski definition) is 3. The minimum Gasteiger partial charge on any atom is -0.333 e. The van der Waals surface area contributed by atoms with Gasteiger partial charge in [-0.1, -0.05) is 11.8 Å². The largest absolute Gasteiger partial charge is 0.333 e. The SMILES string of the molecule is CC(=O)N(c1ccc(F)cc1)C1CSC(=NC2C3CC4CC(C3)CC2C4)N1C.Cl. The monoisotopic (exact) mass is 437 g/mol. The average molecular weight is 438 g/mol. The summed E-state index contributed by atoms with van der Waals surface area (Å²) >= 11 is 1.75. The first-order valence-corrected chi connectivity index (χ1v) is 11.5. The summed E-state index contributed by atoms with van der Waals surface area (Å²) in [6.45, 7) is 1.58. The minimum absolute atomic E-state index is 0. The second-order valence-electron chi connectivity index (χ2n) is 9.10. The lowest BCUT2D eigenvalue weighted by Crippen LogP contribution is -2.50. The van der Waals surface area contributed by atoms with E-state index in [4.69, 9.17) is 4.99 Å². The molecular weight excluding hydrogens is 409 g/mol. The lowest BCUT2D eigenvalue weighted by Gasteiger charge is -2.53. The highest BCUT2D eigenvalue weighted by Crippen LogP contribution is 2.55. The van der Waals surface area contributed by atoms with E-state index in [-0.39, 0.29) is 30.3 Å². The Morgan fingerprint density at radius 1 is 1.10 bits per heavy atom. The third kappa shape index (κ3) is 3.78. The van der Waals surface area contributed by atoms with E-state index in [1.54, 1.807) is 35.7 Å². The first-order chi connectivity index (χ1) is 13.5. The van der Waals surface area contributed by atoms with Crippen LogP contribution in [0.4, 0.5) is 10.1 Å². The number of halogens is 2. The lowest BCUT2D eigenvalue weighted by atomic mass is 9.54. The Hall–Kier alpha value is -1.27. The predicted molar refractivity (Wildman–Crippen MR) is 119 cm³/mol. The summed E-state index contributed by atoms with van der Waals surface area (Å²) in [7, 11) is 2.04. The molecule has 0 radical (unpaired) electrons. The van der Waals surface area contributed by atoms with Crippen LogP contribution in [0.2, 0.25) is 0 Å². The fourth-order valence-electron chi connectivity index (χ4n) is 6.27. The van der Waals surface area contributed by atoms with Crippen LogP contribution >= 0.6 is 24.2 Å². The highest BCUT2D eigenvalue weighted by atomic mass is 35.5. The van der Waals surface area contributed by atoms with E-state index in [9.17, 15) is 9.18 Å². The molecule has 1 heterocycles. The Bertz CT molecular complexity index is 774. The summed E-state index contributed by atoms with van der Waals surface area (Å²) < 4.78 is 13.3. The Morgan fingerprint density at radius 2 is 1.69 bits per heavy atom. The number of carbonyl (C=O) groups is 1. The molecule has 1 saturated heterocycles. The van der Waals surface area contributed by atoms with Crippen molar-refractivity contribution in [3.8, 4) is 0 Å². The highest BCUT2D eigenvalue weighted by Gasteiger charge is 2.49. The number of hydrogen-bond donors (Lipinski definition) is 0. The maximum absolute atomic E-state index is 13.3. The summed E-state index contributed by atoms with van der Waals surface area (Å²) in [4.78, 5) is 21.6. The molecule has 29 heavy (non-hydrogen) atoms. The summed E-state index contributed by atoms with van der Waals surface area (Å²) in [6, 6.07) is 6.66. The third-order valence-electron chi connectivity index (χ3n) is 7.29. The van der Waals surface area contributed by atoms with Crippen LogP contribution < -0.4 is 4.90 Å². The lowest BCUT2D eigenvalue weighted by molar-refractivity contribution is -0.117. The van der Waals surface area contributed by atoms with Gasteiger partial charge in [-0.25, -0.2) is 4.39 Å². The van der Waals surface area contributed by atoms with Gasteiger partial charge in [0.2, 0.25) is 5.91 Å². The predicted octanol–water partition coefficient (Wildman–Crippen LogP) is 4.79. The number of nitrogens with zero attached hydrogens (tertiary/aromatic N) is 3. The molecule has 158 valence electrons. The van der Waals surface area contributed by atoms with Crippen molar-refractivity contribution in [2.45, 2.75) is 51.2 Å². The molecule has 4 bridgehead atoms. The van der Waals surface area contributed by atoms with E-state index in [1.807, 2.05) is 7.05 Å². The minimum atomic E-state index is -0.287. The van der Waals surface area contributed by atoms with E-state index >= 15 is 0 Å². The molecule has 4 aliphatic carbocycles. The Labute approximate surface area is 182 Å². The van der Waals surface area contributed by atoms with Crippen LogP contribution in [0.15, 0.2) is 29.3 Å². The number of amides is 1. The van der Waals surface area contributed by atoms with Crippen LogP contribution in [0, 0.1) is 29.5 Å². The zero-order chi connectivity index (χ0) is 19.4. The van der Waals surface area contributed by atoms with Gasteiger partial charge in [-0.05, 0) is 80.0 Å². The van der Waals surface area contributed by atoms with Crippen molar-refractivity contribution in [1.29, 1.82) is 0 Å². The van der Waals surface area contributed by atoms with Gasteiger partial charge in [0.15, 0.2) is 5.17 Å². The van der Waals surface area contributed by atoms with Crippen LogP contribution in [0.5, 0.6) is 0 Å². The van der Waals surface area contributed by atoms with Gasteiger partial charge in [-0.2, -0.15) is 0 Å². The van der Waals surface area contributed by atoms with Crippen molar-refractivity contribution in [2.24, 2.45) is 28.7 Å². The topological polar surface area (TPSA) is 35.9 Å². The van der Waals surface area contributed by atoms with Crippen molar-refractivity contribution in [1.82, 2.24) is 4.90 Å². The third-order valence-corrected chi connectivity index (χ3v) is 8.41. The van der Waals surface area contributed by atoms with Gasteiger partial charge in [0.1, 0.15) is 12.0 Å². The second kappa shape index (κ2) is 8.10. The van der Waals surface area contributed by atoms with Crippen LogP contribution in [-0.4, -0.2) is 41.0 Å². The fraction of sp³-hybridized carbons (Fsp3) is 0.636. The smallest absolute Gasteiger partial charge is 0.225 e. The molecule has 7 heteroatoms. The van der Waals surface area contributed by atoms with E-state index in [0.717, 1.165) is 40.3 Å². The molecule has 1 amide bonds. The number of benzene rings is 1. The average Bonchev–Trinajstić information content (AvgIpc) is 2.99. The van der Waals surface area contributed by atoms with Gasteiger partial charge in [0.05, 0.1) is 6.04 Å². The summed E-state index contributed by atoms with van der Waals surface area (Å²) in [6.07, 6.45) is 6.83. The molecule has 5 fully saturated rings. The van der Waals surface area contributed by atoms with Gasteiger partial charge in [-0.3, -0.25) is 14.7 Å². The number of rotatable bonds is 3. The summed E-state index contributed by atoms with van der Waals surface area (Å²) in [5.74, 6) is 3.90. The molecule has 4 saturated carbocycles. The first kappa shape index (κ1) is 21.0. The van der Waals surface area contributed by atoms with E-state index in [2.05, 4.69) is 4.90 Å². The van der Waals surface area contributed by atoms with E-state index < -0.39 is 0 Å². The van der Waals surface area contributed by atoms with Gasteiger partial charge < -0.3 is 4.90 Å². The molecule has 1 unspecified atom stereocenters. The van der Waals surface area contributed by atoms with Crippen LogP contribution in [0.25, 0.3) is 0 Å². The van der Waals surface area contributed by atoms with Crippen LogP contribution in [-0.2, 0) is 4.79 Å². The number of thioether (sulfide) groups is 1. The maximum Gasteiger partial charge on any atom is 0.225 e. The van der Waals surface area contributed by atoms with E-state index in [0.29, 0.717) is 6.04 Å². The first-order valence-electron chi connectivity index (χ1n) is 10.5. The number of amidine groups is 1. The second-order valence-corrected chi connectivity index (χ2v) is 10.1. The Morgan fingerprint density at radius 3 is 2.24 bits per heavy atom. The number of anilines is 1. The van der Waals surface area contributed by atoms with Crippen molar-refractivity contribution in [2.75, 3.05) is 17.7 Å². The van der Waals surface area contributed by atoms with Gasteiger partial charge in [0, 0.05) is 25.4 Å². The molecule has 6 rings (SSSR count). The standard InChI is InChI=1S/C22H28FN3OS.ClH/c1-13(27)26(19-5-3-18(23)4-6-19)20-12-28-22(25(20)2)24-21-16-8-14-7-15(10-16)11-17(21)9-14;/h3-6,14-17,20-21H,7-12H2,1-2H3;1H.